The Hall–Kier alpha value is -1.69. The van der Waals surface area contributed by atoms with Crippen molar-refractivity contribution in [3.8, 4) is 11.5 Å². The molecule has 6 rings (SSSR count). The Morgan fingerprint density at radius 3 is 1.24 bits per heavy atom. The van der Waals surface area contributed by atoms with E-state index in [4.69, 9.17) is 37.4 Å². The molecule has 5 heterocycles. The topological polar surface area (TPSA) is 89.6 Å². The first-order valence-corrected chi connectivity index (χ1v) is 14.6. The Morgan fingerprint density at radius 1 is 0.488 bits per heavy atom. The van der Waals surface area contributed by atoms with Crippen LogP contribution in [-0.2, 0) is 27.9 Å². The van der Waals surface area contributed by atoms with Gasteiger partial charge in [-0.05, 0) is 89.2 Å². The Bertz CT molecular complexity index is 1290. The van der Waals surface area contributed by atoms with E-state index in [2.05, 4.69) is 4.98 Å². The lowest BCUT2D eigenvalue weighted by Crippen LogP contribution is -2.41. The van der Waals surface area contributed by atoms with E-state index in [0.29, 0.717) is 11.5 Å². The molecule has 0 amide bonds. The predicted octanol–water partition coefficient (Wildman–Crippen LogP) is 3.57. The van der Waals surface area contributed by atoms with Crippen LogP contribution >= 0.6 is 0 Å². The number of aromatic amines is 1. The maximum atomic E-state index is 6.59. The van der Waals surface area contributed by atoms with Crippen molar-refractivity contribution in [2.75, 3.05) is 0 Å². The van der Waals surface area contributed by atoms with Gasteiger partial charge < -0.3 is 42.4 Å². The summed E-state index contributed by atoms with van der Waals surface area (Å²) in [6.45, 7) is 28.2. The van der Waals surface area contributed by atoms with Crippen LogP contribution in [0.2, 0.25) is 0 Å². The normalized spacial score (nSPS) is 27.8. The van der Waals surface area contributed by atoms with Gasteiger partial charge in [0.1, 0.15) is 0 Å². The summed E-state index contributed by atoms with van der Waals surface area (Å²) in [6, 6.07) is 2.04. The zero-order chi connectivity index (χ0) is 30.3. The van der Waals surface area contributed by atoms with Gasteiger partial charge in [-0.15, -0.1) is 0 Å². The van der Waals surface area contributed by atoms with E-state index in [-0.39, 0.29) is 0 Å². The van der Waals surface area contributed by atoms with E-state index in [0.717, 1.165) is 27.4 Å². The van der Waals surface area contributed by atoms with Gasteiger partial charge in [0.05, 0.1) is 39.1 Å². The summed E-state index contributed by atoms with van der Waals surface area (Å²) in [7, 11) is -2.04. The van der Waals surface area contributed by atoms with Gasteiger partial charge in [-0.3, -0.25) is 0 Å². The lowest BCUT2D eigenvalue weighted by Gasteiger charge is -2.32. The number of hydrogen-bond donors (Lipinski definition) is 1. The molecule has 222 valence electrons. The van der Waals surface area contributed by atoms with Crippen LogP contribution in [0.15, 0.2) is 6.07 Å². The molecule has 4 aliphatic heterocycles. The van der Waals surface area contributed by atoms with Crippen LogP contribution in [0.25, 0.3) is 10.9 Å². The Kier molecular flexibility index (Phi) is 5.93. The van der Waals surface area contributed by atoms with E-state index in [1.165, 1.54) is 0 Å². The lowest BCUT2D eigenvalue weighted by atomic mass is 9.70. The summed E-state index contributed by atoms with van der Waals surface area (Å²) in [4.78, 5) is 3.62. The molecule has 1 aromatic heterocycles. The molecule has 0 saturated carbocycles. The Balaban J connectivity index is 1.60. The maximum Gasteiger partial charge on any atom is 0.512 e. The highest BCUT2D eigenvalue weighted by Gasteiger charge is 2.59. The van der Waals surface area contributed by atoms with Crippen LogP contribution in [0, 0.1) is 0 Å². The van der Waals surface area contributed by atoms with Crippen molar-refractivity contribution < 1.29 is 37.4 Å². The SMILES string of the molecule is CC1(C)Oc2c(c(B3OC(C)(C)C(C)(C)O3)c3[nH]c(B4OC(C)(C)C(C)(C)O4)cc3c2B2OC(C)(C)C(C)(C)O2)O1. The molecule has 1 aromatic carbocycles. The van der Waals surface area contributed by atoms with Crippen LogP contribution < -0.4 is 26.0 Å². The monoisotopic (exact) mass is 567 g/mol. The molecule has 0 aliphatic carbocycles. The average Bonchev–Trinajstić information content (AvgIpc) is 3.48. The zero-order valence-corrected chi connectivity index (χ0v) is 27.1. The van der Waals surface area contributed by atoms with E-state index >= 15 is 0 Å². The number of hydrogen-bond acceptors (Lipinski definition) is 8. The molecule has 0 radical (unpaired) electrons. The molecule has 12 heteroatoms. The molecule has 0 bridgehead atoms. The first-order valence-electron chi connectivity index (χ1n) is 14.6. The van der Waals surface area contributed by atoms with Gasteiger partial charge in [-0.1, -0.05) is 0 Å². The number of benzene rings is 1. The molecule has 41 heavy (non-hydrogen) atoms. The molecule has 0 unspecified atom stereocenters. The first kappa shape index (κ1) is 29.4. The summed E-state index contributed by atoms with van der Waals surface area (Å²) in [5.41, 5.74) is -0.223. The smallest absolute Gasteiger partial charge is 0.449 e. The second kappa shape index (κ2) is 8.27. The van der Waals surface area contributed by atoms with E-state index in [1.54, 1.807) is 0 Å². The fraction of sp³-hybridized carbons (Fsp3) is 0.724. The zero-order valence-electron chi connectivity index (χ0n) is 27.1. The van der Waals surface area contributed by atoms with Crippen LogP contribution in [0.1, 0.15) is 96.9 Å². The van der Waals surface area contributed by atoms with Crippen molar-refractivity contribution in [2.24, 2.45) is 0 Å². The minimum atomic E-state index is -0.924. The summed E-state index contributed by atoms with van der Waals surface area (Å²) in [6.07, 6.45) is 0. The number of H-pyrrole nitrogens is 1. The molecule has 2 aromatic rings. The number of fused-ring (bicyclic) bond motifs is 2. The van der Waals surface area contributed by atoms with Crippen LogP contribution in [0.3, 0.4) is 0 Å². The molecule has 1 N–H and O–H groups in total. The van der Waals surface area contributed by atoms with Gasteiger partial charge in [0.25, 0.3) is 0 Å². The predicted molar refractivity (Wildman–Crippen MR) is 161 cm³/mol. The van der Waals surface area contributed by atoms with Crippen molar-refractivity contribution >= 4 is 48.8 Å². The second-order valence-corrected chi connectivity index (χ2v) is 15.4. The standard InChI is InChI=1S/C29H44B3NO8/c1-23(2)24(3,4)37-30(36-23)17-15-16-18(31-38-25(5,6)26(7,8)39-31)21-22(35-29(13,14)34-21)19(20(16)33-17)32-40-27(9,10)28(11,12)41-32/h15,33H,1-14H3. The second-order valence-electron chi connectivity index (χ2n) is 15.4. The lowest BCUT2D eigenvalue weighted by molar-refractivity contribution is -0.0424. The number of ether oxygens (including phenoxy) is 2. The minimum Gasteiger partial charge on any atom is -0.449 e. The van der Waals surface area contributed by atoms with E-state index < -0.39 is 60.7 Å². The third kappa shape index (κ3) is 4.23. The van der Waals surface area contributed by atoms with Gasteiger partial charge in [0.2, 0.25) is 5.79 Å². The van der Waals surface area contributed by atoms with Gasteiger partial charge in [-0.2, -0.15) is 0 Å². The van der Waals surface area contributed by atoms with E-state index in [9.17, 15) is 0 Å². The summed E-state index contributed by atoms with van der Waals surface area (Å²) in [5.74, 6) is 0.185. The quantitative estimate of drug-likeness (QED) is 0.564. The highest BCUT2D eigenvalue weighted by atomic mass is 16.7. The number of rotatable bonds is 3. The highest BCUT2D eigenvalue weighted by molar-refractivity contribution is 6.71. The van der Waals surface area contributed by atoms with Gasteiger partial charge in [0, 0.05) is 35.8 Å². The average molecular weight is 567 g/mol. The molecular weight excluding hydrogens is 523 g/mol. The van der Waals surface area contributed by atoms with Gasteiger partial charge in [0.15, 0.2) is 11.5 Å². The molecule has 3 fully saturated rings. The molecule has 0 spiro atoms. The molecule has 9 nitrogen and oxygen atoms in total. The van der Waals surface area contributed by atoms with Crippen LogP contribution in [0.4, 0.5) is 0 Å². The molecular formula is C29H44B3NO8. The summed E-state index contributed by atoms with van der Waals surface area (Å²) in [5, 5.41) is 0.845. The van der Waals surface area contributed by atoms with Crippen molar-refractivity contribution in [3.05, 3.63) is 6.07 Å². The van der Waals surface area contributed by atoms with Gasteiger partial charge >= 0.3 is 21.4 Å². The third-order valence-corrected chi connectivity index (χ3v) is 10.3. The number of nitrogens with one attached hydrogen (secondary N) is 1. The van der Waals surface area contributed by atoms with Crippen molar-refractivity contribution in [1.82, 2.24) is 4.98 Å². The largest absolute Gasteiger partial charge is 0.512 e. The van der Waals surface area contributed by atoms with Crippen LogP contribution in [-0.4, -0.2) is 65.7 Å². The van der Waals surface area contributed by atoms with Crippen molar-refractivity contribution in [1.29, 1.82) is 0 Å². The minimum absolute atomic E-state index is 0.504. The first-order chi connectivity index (χ1) is 18.5. The Morgan fingerprint density at radius 2 is 0.829 bits per heavy atom. The molecule has 4 aliphatic rings. The maximum absolute atomic E-state index is 6.59. The third-order valence-electron chi connectivity index (χ3n) is 10.3. The molecule has 0 atom stereocenters. The van der Waals surface area contributed by atoms with Crippen LogP contribution in [0.5, 0.6) is 11.5 Å². The van der Waals surface area contributed by atoms with Gasteiger partial charge in [-0.25, -0.2) is 0 Å². The fourth-order valence-corrected chi connectivity index (χ4v) is 5.57. The number of aromatic nitrogens is 1. The van der Waals surface area contributed by atoms with Crippen molar-refractivity contribution in [3.63, 3.8) is 0 Å². The van der Waals surface area contributed by atoms with Crippen molar-refractivity contribution in [2.45, 2.75) is 136 Å². The highest BCUT2D eigenvalue weighted by Crippen LogP contribution is 2.46. The van der Waals surface area contributed by atoms with E-state index in [1.807, 2.05) is 103 Å². The summed E-state index contributed by atoms with van der Waals surface area (Å²) >= 11 is 0. The summed E-state index contributed by atoms with van der Waals surface area (Å²) < 4.78 is 52.2. The Labute approximate surface area is 245 Å². The fourth-order valence-electron chi connectivity index (χ4n) is 5.57. The molecule has 3 saturated heterocycles.